The van der Waals surface area contributed by atoms with Crippen LogP contribution in [0.4, 0.5) is 0 Å². The average Bonchev–Trinajstić information content (AvgIpc) is 2.94. The molecule has 5 nitrogen and oxygen atoms in total. The van der Waals surface area contributed by atoms with Gasteiger partial charge in [-0.05, 0) is 60.3 Å². The van der Waals surface area contributed by atoms with Crippen molar-refractivity contribution in [3.63, 3.8) is 0 Å². The molecular weight excluding hydrogens is 402 g/mol. The lowest BCUT2D eigenvalue weighted by Gasteiger charge is -2.28. The van der Waals surface area contributed by atoms with Gasteiger partial charge in [0.1, 0.15) is 23.9 Å². The van der Waals surface area contributed by atoms with Gasteiger partial charge < -0.3 is 24.2 Å². The van der Waals surface area contributed by atoms with Gasteiger partial charge in [-0.25, -0.2) is 0 Å². The minimum atomic E-state index is -0.0580. The molecular formula is C27H29NO4. The summed E-state index contributed by atoms with van der Waals surface area (Å²) in [5.41, 5.74) is 4.29. The van der Waals surface area contributed by atoms with Crippen molar-refractivity contribution in [3.05, 3.63) is 75.4 Å². The van der Waals surface area contributed by atoms with Gasteiger partial charge in [0, 0.05) is 30.2 Å². The van der Waals surface area contributed by atoms with Crippen molar-refractivity contribution >= 4 is 17.7 Å². The Balaban J connectivity index is 1.41. The highest BCUT2D eigenvalue weighted by molar-refractivity contribution is 5.76. The van der Waals surface area contributed by atoms with Gasteiger partial charge in [0.15, 0.2) is 0 Å². The molecule has 2 aromatic rings. The second kappa shape index (κ2) is 8.85. The fourth-order valence-corrected chi connectivity index (χ4v) is 4.48. The van der Waals surface area contributed by atoms with Crippen LogP contribution in [0.1, 0.15) is 30.1 Å². The van der Waals surface area contributed by atoms with Crippen LogP contribution in [-0.2, 0) is 4.74 Å². The molecule has 2 aliphatic heterocycles. The van der Waals surface area contributed by atoms with Crippen LogP contribution in [0, 0.1) is 0 Å². The number of benzene rings is 2. The van der Waals surface area contributed by atoms with Gasteiger partial charge in [0.05, 0.1) is 19.3 Å². The number of hydrogen-bond donors (Lipinski definition) is 1. The summed E-state index contributed by atoms with van der Waals surface area (Å²) in [6.07, 6.45) is 7.44. The van der Waals surface area contributed by atoms with E-state index in [4.69, 9.17) is 14.2 Å². The molecule has 0 bridgehead atoms. The first-order chi connectivity index (χ1) is 15.6. The van der Waals surface area contributed by atoms with Gasteiger partial charge in [-0.2, -0.15) is 0 Å². The van der Waals surface area contributed by atoms with E-state index in [2.05, 4.69) is 35.2 Å². The Bertz CT molecular complexity index is 1190. The van der Waals surface area contributed by atoms with Crippen LogP contribution in [0.25, 0.3) is 17.7 Å². The van der Waals surface area contributed by atoms with E-state index in [1.54, 1.807) is 0 Å². The summed E-state index contributed by atoms with van der Waals surface area (Å²) in [4.78, 5) is 2.10. The number of likely N-dealkylation sites (N-methyl/N-ethyl adjacent to an activating group) is 1. The number of nitrogens with zero attached hydrogens (tertiary/aromatic N) is 1. The van der Waals surface area contributed by atoms with Crippen molar-refractivity contribution in [2.75, 3.05) is 40.5 Å². The van der Waals surface area contributed by atoms with E-state index >= 15 is 0 Å². The van der Waals surface area contributed by atoms with E-state index in [1.807, 2.05) is 38.4 Å². The van der Waals surface area contributed by atoms with Crippen LogP contribution in [0.15, 0.2) is 53.8 Å². The fraction of sp³-hybridized carbons (Fsp3) is 0.333. The number of aliphatic hydroxyl groups excluding tert-OH is 1. The van der Waals surface area contributed by atoms with E-state index in [9.17, 15) is 5.11 Å². The van der Waals surface area contributed by atoms with Crippen LogP contribution < -0.4 is 19.9 Å². The third-order valence-electron chi connectivity index (χ3n) is 6.18. The van der Waals surface area contributed by atoms with E-state index < -0.39 is 0 Å². The standard InChI is InChI=1S/C27H29NO4/c1-28(2)11-13-30-22-8-5-18(6-9-22)26-15-20-14-21(29)16-24-23(25(20)17-32-26)10-7-19-4-3-12-31-27(19)24/h4-10,14,16,26,29H,3,11-13,15,17H2,1-2H3. The first-order valence-corrected chi connectivity index (χ1v) is 11.2. The predicted molar refractivity (Wildman–Crippen MR) is 126 cm³/mol. The highest BCUT2D eigenvalue weighted by Gasteiger charge is 2.26. The number of rotatable bonds is 5. The van der Waals surface area contributed by atoms with Crippen LogP contribution in [0.3, 0.4) is 0 Å². The van der Waals surface area contributed by atoms with E-state index in [-0.39, 0.29) is 11.9 Å². The van der Waals surface area contributed by atoms with Crippen LogP contribution in [0.2, 0.25) is 0 Å². The van der Waals surface area contributed by atoms with Crippen LogP contribution in [0.5, 0.6) is 11.5 Å². The maximum atomic E-state index is 10.6. The summed E-state index contributed by atoms with van der Waals surface area (Å²) in [5.74, 6) is 1.97. The molecule has 3 aliphatic rings. The molecule has 0 spiro atoms. The Labute approximate surface area is 188 Å². The zero-order valence-corrected chi connectivity index (χ0v) is 18.6. The molecule has 32 heavy (non-hydrogen) atoms. The Hall–Kier alpha value is -3.02. The van der Waals surface area contributed by atoms with Gasteiger partial charge in [0.2, 0.25) is 0 Å². The second-order valence-corrected chi connectivity index (χ2v) is 8.73. The van der Waals surface area contributed by atoms with Gasteiger partial charge in [0.25, 0.3) is 0 Å². The van der Waals surface area contributed by atoms with Crippen molar-refractivity contribution in [2.24, 2.45) is 0 Å². The maximum Gasteiger partial charge on any atom is 0.134 e. The van der Waals surface area contributed by atoms with Crippen LogP contribution in [-0.4, -0.2) is 50.5 Å². The highest BCUT2D eigenvalue weighted by Crippen LogP contribution is 2.37. The molecule has 1 fully saturated rings. The van der Waals surface area contributed by atoms with Crippen molar-refractivity contribution in [1.29, 1.82) is 0 Å². The molecule has 0 radical (unpaired) electrons. The Morgan fingerprint density at radius 3 is 2.75 bits per heavy atom. The summed E-state index contributed by atoms with van der Waals surface area (Å²) < 4.78 is 18.1. The van der Waals surface area contributed by atoms with Gasteiger partial charge >= 0.3 is 0 Å². The molecule has 5 heteroatoms. The maximum absolute atomic E-state index is 10.6. The Kier molecular flexibility index (Phi) is 5.77. The lowest BCUT2D eigenvalue weighted by molar-refractivity contribution is 0.0673. The molecule has 2 aromatic carbocycles. The fourth-order valence-electron chi connectivity index (χ4n) is 4.48. The quantitative estimate of drug-likeness (QED) is 0.787. The van der Waals surface area contributed by atoms with Gasteiger partial charge in [-0.1, -0.05) is 30.3 Å². The summed E-state index contributed by atoms with van der Waals surface area (Å²) in [6, 6.07) is 12.4. The first kappa shape index (κ1) is 20.9. The van der Waals surface area contributed by atoms with E-state index in [0.717, 1.165) is 57.2 Å². The smallest absolute Gasteiger partial charge is 0.134 e. The highest BCUT2D eigenvalue weighted by atomic mass is 16.5. The number of allylic oxidation sites excluding steroid dienone is 1. The normalized spacial score (nSPS) is 19.5. The zero-order valence-electron chi connectivity index (χ0n) is 18.6. The third kappa shape index (κ3) is 4.18. The molecule has 1 atom stereocenters. The second-order valence-electron chi connectivity index (χ2n) is 8.73. The number of aliphatic hydroxyl groups is 1. The van der Waals surface area contributed by atoms with Crippen molar-refractivity contribution in [2.45, 2.75) is 18.9 Å². The lowest BCUT2D eigenvalue weighted by atomic mass is 9.91. The SMILES string of the molecule is CN(C)CCOc1ccc(C2CC3=CC(O)=Cc4c5c(ccc4=C3CO2)=CCCO5)cc1. The van der Waals surface area contributed by atoms with E-state index in [0.29, 0.717) is 26.2 Å². The topological polar surface area (TPSA) is 51.2 Å². The summed E-state index contributed by atoms with van der Waals surface area (Å²) in [5, 5.41) is 12.8. The number of ether oxygens (including phenoxy) is 3. The number of hydrogen-bond acceptors (Lipinski definition) is 5. The summed E-state index contributed by atoms with van der Waals surface area (Å²) in [7, 11) is 4.07. The Morgan fingerprint density at radius 1 is 1.09 bits per heavy atom. The van der Waals surface area contributed by atoms with Crippen molar-refractivity contribution < 1.29 is 19.3 Å². The molecule has 0 aromatic heterocycles. The molecule has 1 saturated heterocycles. The predicted octanol–water partition coefficient (Wildman–Crippen LogP) is 3.34. The third-order valence-corrected chi connectivity index (χ3v) is 6.18. The Morgan fingerprint density at radius 2 is 1.94 bits per heavy atom. The molecule has 1 unspecified atom stereocenters. The average molecular weight is 432 g/mol. The largest absolute Gasteiger partial charge is 0.508 e. The summed E-state index contributed by atoms with van der Waals surface area (Å²) >= 11 is 0. The zero-order chi connectivity index (χ0) is 22.1. The monoisotopic (exact) mass is 431 g/mol. The molecule has 166 valence electrons. The molecule has 0 amide bonds. The number of fused-ring (bicyclic) bond motifs is 4. The molecule has 0 saturated carbocycles. The molecule has 1 aliphatic carbocycles. The van der Waals surface area contributed by atoms with Crippen molar-refractivity contribution in [3.8, 4) is 11.5 Å². The minimum Gasteiger partial charge on any atom is -0.508 e. The van der Waals surface area contributed by atoms with Gasteiger partial charge in [-0.15, -0.1) is 0 Å². The lowest BCUT2D eigenvalue weighted by Crippen LogP contribution is -2.26. The van der Waals surface area contributed by atoms with Crippen molar-refractivity contribution in [1.82, 2.24) is 4.90 Å². The molecule has 5 rings (SSSR count). The van der Waals surface area contributed by atoms with Crippen LogP contribution >= 0.6 is 0 Å². The minimum absolute atomic E-state index is 0.0580. The summed E-state index contributed by atoms with van der Waals surface area (Å²) in [6.45, 7) is 2.70. The molecule has 1 N–H and O–H groups in total. The molecule has 2 heterocycles. The first-order valence-electron chi connectivity index (χ1n) is 11.2. The van der Waals surface area contributed by atoms with E-state index in [1.165, 1.54) is 0 Å². The van der Waals surface area contributed by atoms with Gasteiger partial charge in [-0.3, -0.25) is 0 Å².